The molecule has 1 aliphatic carbocycles. The lowest BCUT2D eigenvalue weighted by Crippen LogP contribution is -2.38. The zero-order valence-electron chi connectivity index (χ0n) is 17.0. The van der Waals surface area contributed by atoms with Crippen LogP contribution in [0.25, 0.3) is 10.9 Å². The summed E-state index contributed by atoms with van der Waals surface area (Å²) < 4.78 is 33.6. The number of H-pyrrole nitrogens is 2. The second kappa shape index (κ2) is 8.25. The predicted octanol–water partition coefficient (Wildman–Crippen LogP) is 2.02. The number of benzene rings is 1. The van der Waals surface area contributed by atoms with Crippen LogP contribution in [0.5, 0.6) is 0 Å². The van der Waals surface area contributed by atoms with Crippen LogP contribution >= 0.6 is 0 Å². The van der Waals surface area contributed by atoms with Gasteiger partial charge in [-0.25, -0.2) is 13.1 Å². The van der Waals surface area contributed by atoms with Crippen LogP contribution < -0.4 is 10.0 Å². The molecule has 160 valence electrons. The second-order valence-electron chi connectivity index (χ2n) is 7.61. The van der Waals surface area contributed by atoms with E-state index in [1.807, 2.05) is 18.2 Å². The van der Waals surface area contributed by atoms with E-state index in [1.165, 1.54) is 17.0 Å². The van der Waals surface area contributed by atoms with Crippen molar-refractivity contribution in [2.75, 3.05) is 20.3 Å². The van der Waals surface area contributed by atoms with Crippen molar-refractivity contribution in [3.8, 4) is 0 Å². The lowest BCUT2D eigenvalue weighted by atomic mass is 9.92. The molecule has 4 rings (SSSR count). The Kier molecular flexibility index (Phi) is 5.68. The molecule has 1 atom stereocenters. The van der Waals surface area contributed by atoms with E-state index in [4.69, 9.17) is 4.74 Å². The largest absolute Gasteiger partial charge is 0.383 e. The van der Waals surface area contributed by atoms with Crippen molar-refractivity contribution in [2.24, 2.45) is 0 Å². The summed E-state index contributed by atoms with van der Waals surface area (Å²) in [6, 6.07) is 9.31. The number of aromatic nitrogens is 2. The van der Waals surface area contributed by atoms with Crippen molar-refractivity contribution in [1.82, 2.24) is 20.0 Å². The van der Waals surface area contributed by atoms with Gasteiger partial charge in [0.2, 0.25) is 0 Å². The number of aryl methyl sites for hydroxylation is 2. The van der Waals surface area contributed by atoms with Gasteiger partial charge in [-0.05, 0) is 37.5 Å². The maximum Gasteiger partial charge on any atom is 0.256 e. The Hall–Kier alpha value is -2.62. The molecule has 0 saturated heterocycles. The zero-order valence-corrected chi connectivity index (χ0v) is 17.9. The third kappa shape index (κ3) is 4.00. The highest BCUT2D eigenvalue weighted by atomic mass is 32.2. The molecule has 2 aromatic heterocycles. The SMILES string of the molecule is COCCNC(=O)c1cc(S(=O)(=O)NC2CCc3c([nH]c4ccccc34)C2)[nH]c1C. The highest BCUT2D eigenvalue weighted by Gasteiger charge is 2.28. The molecular weight excluding hydrogens is 404 g/mol. The Balaban J connectivity index is 1.48. The molecule has 4 N–H and O–H groups in total. The minimum atomic E-state index is -3.78. The number of para-hydroxylation sites is 1. The van der Waals surface area contributed by atoms with E-state index in [0.717, 1.165) is 24.1 Å². The Bertz CT molecular complexity index is 1180. The molecule has 2 heterocycles. The maximum atomic E-state index is 12.9. The summed E-state index contributed by atoms with van der Waals surface area (Å²) in [5.74, 6) is -0.331. The maximum absolute atomic E-state index is 12.9. The number of sulfonamides is 1. The quantitative estimate of drug-likeness (QED) is 0.429. The van der Waals surface area contributed by atoms with Crippen molar-refractivity contribution in [2.45, 2.75) is 37.3 Å². The number of aromatic amines is 2. The van der Waals surface area contributed by atoms with Crippen LogP contribution in [0.2, 0.25) is 0 Å². The highest BCUT2D eigenvalue weighted by molar-refractivity contribution is 7.89. The average molecular weight is 431 g/mol. The smallest absolute Gasteiger partial charge is 0.256 e. The van der Waals surface area contributed by atoms with E-state index in [0.29, 0.717) is 30.8 Å². The first-order valence-corrected chi connectivity index (χ1v) is 11.4. The van der Waals surface area contributed by atoms with Crippen molar-refractivity contribution < 1.29 is 17.9 Å². The van der Waals surface area contributed by atoms with Crippen LogP contribution in [-0.2, 0) is 27.6 Å². The first kappa shape index (κ1) is 20.6. The van der Waals surface area contributed by atoms with Gasteiger partial charge in [0.05, 0.1) is 12.2 Å². The first-order chi connectivity index (χ1) is 14.4. The van der Waals surface area contributed by atoms with Crippen molar-refractivity contribution >= 4 is 26.8 Å². The van der Waals surface area contributed by atoms with Gasteiger partial charge in [0, 0.05) is 48.4 Å². The normalized spacial score (nSPS) is 16.5. The summed E-state index contributed by atoms with van der Waals surface area (Å²) >= 11 is 0. The van der Waals surface area contributed by atoms with Crippen molar-refractivity contribution in [1.29, 1.82) is 0 Å². The molecule has 8 nitrogen and oxygen atoms in total. The topological polar surface area (TPSA) is 116 Å². The molecule has 0 saturated carbocycles. The van der Waals surface area contributed by atoms with E-state index in [9.17, 15) is 13.2 Å². The van der Waals surface area contributed by atoms with Crippen LogP contribution in [0.3, 0.4) is 0 Å². The lowest BCUT2D eigenvalue weighted by molar-refractivity contribution is 0.0936. The van der Waals surface area contributed by atoms with E-state index < -0.39 is 10.0 Å². The minimum absolute atomic E-state index is 0.000615. The number of hydrogen-bond acceptors (Lipinski definition) is 4. The average Bonchev–Trinajstić information content (AvgIpc) is 3.28. The van der Waals surface area contributed by atoms with Gasteiger partial charge in [0.25, 0.3) is 15.9 Å². The Morgan fingerprint density at radius 3 is 2.87 bits per heavy atom. The van der Waals surface area contributed by atoms with E-state index in [-0.39, 0.29) is 17.0 Å². The Morgan fingerprint density at radius 2 is 2.07 bits per heavy atom. The third-order valence-electron chi connectivity index (χ3n) is 5.53. The number of fused-ring (bicyclic) bond motifs is 3. The number of methoxy groups -OCH3 is 1. The number of nitrogens with one attached hydrogen (secondary N) is 4. The number of hydrogen-bond donors (Lipinski definition) is 4. The minimum Gasteiger partial charge on any atom is -0.383 e. The van der Waals surface area contributed by atoms with E-state index >= 15 is 0 Å². The summed E-state index contributed by atoms with van der Waals surface area (Å²) in [5, 5.41) is 3.91. The second-order valence-corrected chi connectivity index (χ2v) is 9.29. The third-order valence-corrected chi connectivity index (χ3v) is 6.98. The first-order valence-electron chi connectivity index (χ1n) is 9.96. The van der Waals surface area contributed by atoms with Crippen molar-refractivity contribution in [3.63, 3.8) is 0 Å². The molecule has 0 spiro atoms. The Morgan fingerprint density at radius 1 is 1.27 bits per heavy atom. The summed E-state index contributed by atoms with van der Waals surface area (Å²) in [4.78, 5) is 18.5. The molecule has 1 aromatic carbocycles. The van der Waals surface area contributed by atoms with Gasteiger partial charge in [0.15, 0.2) is 0 Å². The number of carbonyl (C=O) groups is 1. The number of rotatable bonds is 7. The van der Waals surface area contributed by atoms with Gasteiger partial charge in [0.1, 0.15) is 5.03 Å². The molecular formula is C21H26N4O4S. The van der Waals surface area contributed by atoms with E-state index in [1.54, 1.807) is 14.0 Å². The summed E-state index contributed by atoms with van der Waals surface area (Å²) in [7, 11) is -2.23. The highest BCUT2D eigenvalue weighted by Crippen LogP contribution is 2.29. The van der Waals surface area contributed by atoms with Gasteiger partial charge < -0.3 is 20.0 Å². The fourth-order valence-corrected chi connectivity index (χ4v) is 5.36. The molecule has 9 heteroatoms. The van der Waals surface area contributed by atoms with Crippen LogP contribution in [0, 0.1) is 6.92 Å². The van der Waals surface area contributed by atoms with Crippen LogP contribution in [0.4, 0.5) is 0 Å². The fraction of sp³-hybridized carbons (Fsp3) is 0.381. The number of carbonyl (C=O) groups excluding carboxylic acids is 1. The van der Waals surface area contributed by atoms with Gasteiger partial charge in [-0.2, -0.15) is 0 Å². The monoisotopic (exact) mass is 430 g/mol. The molecule has 0 aliphatic heterocycles. The van der Waals surface area contributed by atoms with Gasteiger partial charge in [-0.1, -0.05) is 18.2 Å². The van der Waals surface area contributed by atoms with Crippen LogP contribution in [0.15, 0.2) is 35.4 Å². The van der Waals surface area contributed by atoms with Gasteiger partial charge in [-0.3, -0.25) is 4.79 Å². The molecule has 1 amide bonds. The van der Waals surface area contributed by atoms with Crippen LogP contribution in [0.1, 0.15) is 33.7 Å². The standard InChI is InChI=1S/C21H26N4O4S/c1-13-17(21(26)22-9-10-29-2)12-20(23-13)30(27,28)25-14-7-8-16-15-5-3-4-6-18(15)24-19(16)11-14/h3-6,12,14,23-25H,7-11H2,1-2H3,(H,22,26). The zero-order chi connectivity index (χ0) is 21.3. The molecule has 0 fully saturated rings. The molecule has 3 aromatic rings. The Labute approximate surface area is 175 Å². The lowest BCUT2D eigenvalue weighted by Gasteiger charge is -2.23. The summed E-state index contributed by atoms with van der Waals surface area (Å²) in [5.41, 5.74) is 4.25. The van der Waals surface area contributed by atoms with Crippen LogP contribution in [-0.4, -0.2) is 50.6 Å². The molecule has 30 heavy (non-hydrogen) atoms. The van der Waals surface area contributed by atoms with Gasteiger partial charge >= 0.3 is 0 Å². The number of ether oxygens (including phenoxy) is 1. The summed E-state index contributed by atoms with van der Waals surface area (Å²) in [6.45, 7) is 2.43. The predicted molar refractivity (Wildman–Crippen MR) is 114 cm³/mol. The summed E-state index contributed by atoms with van der Waals surface area (Å²) in [6.07, 6.45) is 2.13. The molecule has 1 unspecified atom stereocenters. The number of amides is 1. The van der Waals surface area contributed by atoms with E-state index in [2.05, 4.69) is 26.1 Å². The molecule has 0 radical (unpaired) electrons. The fourth-order valence-electron chi connectivity index (χ4n) is 4.04. The van der Waals surface area contributed by atoms with Gasteiger partial charge in [-0.15, -0.1) is 0 Å². The molecule has 1 aliphatic rings. The molecule has 0 bridgehead atoms. The van der Waals surface area contributed by atoms with Crippen molar-refractivity contribution in [3.05, 3.63) is 52.8 Å².